The van der Waals surface area contributed by atoms with Gasteiger partial charge in [-0.15, -0.1) is 0 Å². The van der Waals surface area contributed by atoms with Crippen molar-refractivity contribution < 1.29 is 14.4 Å². The number of carbonyl (C=O) groups is 3. The summed E-state index contributed by atoms with van der Waals surface area (Å²) in [6.45, 7) is 3.15. The Balaban J connectivity index is 1.91. The summed E-state index contributed by atoms with van der Waals surface area (Å²) in [5.74, 6) is -2.88. The van der Waals surface area contributed by atoms with Gasteiger partial charge in [-0.3, -0.25) is 14.4 Å². The quantitative estimate of drug-likeness (QED) is 0.777. The molecule has 0 saturated carbocycles. The normalized spacial score (nSPS) is 29.5. The molecule has 8 heteroatoms. The minimum Gasteiger partial charge on any atom is -0.341 e. The number of halogens is 2. The van der Waals surface area contributed by atoms with Gasteiger partial charge in [0, 0.05) is 19.6 Å². The van der Waals surface area contributed by atoms with E-state index in [4.69, 9.17) is 23.2 Å². The first-order valence-electron chi connectivity index (χ1n) is 8.41. The van der Waals surface area contributed by atoms with Gasteiger partial charge in [-0.2, -0.15) is 0 Å². The van der Waals surface area contributed by atoms with Crippen molar-refractivity contribution in [2.75, 3.05) is 32.5 Å². The first-order chi connectivity index (χ1) is 12.2. The fourth-order valence-electron chi connectivity index (χ4n) is 4.11. The van der Waals surface area contributed by atoms with E-state index < -0.39 is 23.1 Å². The molecule has 26 heavy (non-hydrogen) atoms. The first kappa shape index (κ1) is 19.1. The van der Waals surface area contributed by atoms with Crippen LogP contribution >= 0.6 is 23.2 Å². The Kier molecular flexibility index (Phi) is 5.03. The maximum Gasteiger partial charge on any atom is 0.244 e. The van der Waals surface area contributed by atoms with Gasteiger partial charge in [0.2, 0.25) is 11.8 Å². The van der Waals surface area contributed by atoms with Crippen LogP contribution in [0.5, 0.6) is 0 Å². The van der Waals surface area contributed by atoms with Crippen LogP contribution in [-0.4, -0.2) is 60.6 Å². The lowest BCUT2D eigenvalue weighted by atomic mass is 9.66. The van der Waals surface area contributed by atoms with Crippen LogP contribution in [0.15, 0.2) is 18.2 Å². The highest BCUT2D eigenvalue weighted by Gasteiger charge is 2.57. The van der Waals surface area contributed by atoms with Gasteiger partial charge in [-0.05, 0) is 39.1 Å². The van der Waals surface area contributed by atoms with Crippen molar-refractivity contribution in [3.05, 3.63) is 28.2 Å². The van der Waals surface area contributed by atoms with Crippen LogP contribution in [0.4, 0.5) is 5.69 Å². The van der Waals surface area contributed by atoms with Gasteiger partial charge in [-0.1, -0.05) is 29.3 Å². The number of amides is 2. The highest BCUT2D eigenvalue weighted by molar-refractivity contribution is 6.44. The average molecular weight is 398 g/mol. The number of ketones is 1. The van der Waals surface area contributed by atoms with Gasteiger partial charge < -0.3 is 15.1 Å². The molecule has 1 unspecified atom stereocenters. The van der Waals surface area contributed by atoms with E-state index in [0.29, 0.717) is 13.0 Å². The highest BCUT2D eigenvalue weighted by Crippen LogP contribution is 2.41. The topological polar surface area (TPSA) is 69.7 Å². The minimum absolute atomic E-state index is 0.174. The van der Waals surface area contributed by atoms with Gasteiger partial charge in [0.1, 0.15) is 0 Å². The molecule has 2 fully saturated rings. The Labute approximate surface area is 162 Å². The summed E-state index contributed by atoms with van der Waals surface area (Å²) in [6, 6.07) is 4.60. The number of piperidine rings is 2. The second-order valence-corrected chi connectivity index (χ2v) is 8.08. The van der Waals surface area contributed by atoms with E-state index in [2.05, 4.69) is 10.2 Å². The second-order valence-electron chi connectivity index (χ2n) is 7.30. The summed E-state index contributed by atoms with van der Waals surface area (Å²) in [5, 5.41) is 3.04. The molecule has 3 rings (SSSR count). The average Bonchev–Trinajstić information content (AvgIpc) is 2.57. The fraction of sp³-hybridized carbons (Fsp3) is 0.500. The lowest BCUT2D eigenvalue weighted by Crippen LogP contribution is -2.68. The molecule has 1 aromatic carbocycles. The molecule has 1 N–H and O–H groups in total. The molecule has 2 heterocycles. The number of fused-ring (bicyclic) bond motifs is 1. The summed E-state index contributed by atoms with van der Waals surface area (Å²) in [7, 11) is 3.60. The third-order valence-electron chi connectivity index (χ3n) is 5.48. The van der Waals surface area contributed by atoms with Gasteiger partial charge in [0.25, 0.3) is 0 Å². The number of carbonyl (C=O) groups excluding carboxylic acids is 3. The van der Waals surface area contributed by atoms with Gasteiger partial charge in [-0.25, -0.2) is 0 Å². The number of likely N-dealkylation sites (tertiary alicyclic amines) is 2. The SMILES string of the molecule is CN1CC[C@@H]2N(C)C(=O)C(C(=O)Nc3cccc(Cl)c3Cl)C(=O)[C@@]2(C)C1. The molecular weight excluding hydrogens is 377 g/mol. The number of anilines is 1. The summed E-state index contributed by atoms with van der Waals surface area (Å²) in [4.78, 5) is 42.4. The van der Waals surface area contributed by atoms with Crippen LogP contribution < -0.4 is 5.32 Å². The second kappa shape index (κ2) is 6.83. The van der Waals surface area contributed by atoms with E-state index >= 15 is 0 Å². The van der Waals surface area contributed by atoms with Crippen LogP contribution in [0.2, 0.25) is 10.0 Å². The van der Waals surface area contributed by atoms with Crippen molar-refractivity contribution in [3.63, 3.8) is 0 Å². The van der Waals surface area contributed by atoms with Gasteiger partial charge >= 0.3 is 0 Å². The number of benzene rings is 1. The largest absolute Gasteiger partial charge is 0.341 e. The van der Waals surface area contributed by atoms with E-state index in [1.165, 1.54) is 0 Å². The molecule has 1 aromatic rings. The molecule has 0 aromatic heterocycles. The lowest BCUT2D eigenvalue weighted by molar-refractivity contribution is -0.164. The van der Waals surface area contributed by atoms with Crippen LogP contribution in [0.25, 0.3) is 0 Å². The van der Waals surface area contributed by atoms with Gasteiger partial charge in [0.15, 0.2) is 11.7 Å². The molecule has 2 saturated heterocycles. The summed E-state index contributed by atoms with van der Waals surface area (Å²) in [6.07, 6.45) is 0.704. The predicted molar refractivity (Wildman–Crippen MR) is 100 cm³/mol. The molecule has 6 nitrogen and oxygen atoms in total. The molecule has 2 amide bonds. The van der Waals surface area contributed by atoms with Crippen molar-refractivity contribution in [2.45, 2.75) is 19.4 Å². The summed E-state index contributed by atoms with van der Waals surface area (Å²) < 4.78 is 0. The maximum atomic E-state index is 13.2. The van der Waals surface area contributed by atoms with Crippen molar-refractivity contribution in [1.82, 2.24) is 9.80 Å². The molecule has 140 valence electrons. The van der Waals surface area contributed by atoms with Crippen molar-refractivity contribution in [1.29, 1.82) is 0 Å². The number of hydrogen-bond donors (Lipinski definition) is 1. The number of rotatable bonds is 2. The lowest BCUT2D eigenvalue weighted by Gasteiger charge is -2.52. The van der Waals surface area contributed by atoms with Gasteiger partial charge in [0.05, 0.1) is 21.1 Å². The number of nitrogens with one attached hydrogen (secondary N) is 1. The molecule has 0 bridgehead atoms. The zero-order chi connectivity index (χ0) is 19.2. The van der Waals surface area contributed by atoms with Crippen LogP contribution in [-0.2, 0) is 14.4 Å². The smallest absolute Gasteiger partial charge is 0.244 e. The molecule has 0 aliphatic carbocycles. The Hall–Kier alpha value is -1.63. The molecule has 2 aliphatic heterocycles. The molecule has 3 atom stereocenters. The fourth-order valence-corrected chi connectivity index (χ4v) is 4.45. The summed E-state index contributed by atoms with van der Waals surface area (Å²) >= 11 is 12.1. The van der Waals surface area contributed by atoms with Crippen molar-refractivity contribution >= 4 is 46.5 Å². The Morgan fingerprint density at radius 2 is 1.96 bits per heavy atom. The van der Waals surface area contributed by atoms with Crippen molar-refractivity contribution in [3.8, 4) is 0 Å². The first-order valence-corrected chi connectivity index (χ1v) is 9.17. The Morgan fingerprint density at radius 1 is 1.27 bits per heavy atom. The highest BCUT2D eigenvalue weighted by atomic mass is 35.5. The van der Waals surface area contributed by atoms with Crippen LogP contribution in [0, 0.1) is 11.3 Å². The zero-order valence-corrected chi connectivity index (χ0v) is 16.4. The molecule has 0 radical (unpaired) electrons. The summed E-state index contributed by atoms with van der Waals surface area (Å²) in [5.41, 5.74) is -0.504. The number of nitrogens with zero attached hydrogens (tertiary/aromatic N) is 2. The Bertz CT molecular complexity index is 785. The van der Waals surface area contributed by atoms with E-state index in [0.717, 1.165) is 6.54 Å². The zero-order valence-electron chi connectivity index (χ0n) is 14.9. The molecule has 0 spiro atoms. The monoisotopic (exact) mass is 397 g/mol. The van der Waals surface area contributed by atoms with Crippen LogP contribution in [0.1, 0.15) is 13.3 Å². The maximum absolute atomic E-state index is 13.2. The molecule has 2 aliphatic rings. The van der Waals surface area contributed by atoms with E-state index in [1.807, 2.05) is 14.0 Å². The number of Topliss-reactive ketones (excluding diaryl/α,β-unsaturated/α-hetero) is 1. The third-order valence-corrected chi connectivity index (χ3v) is 6.30. The van der Waals surface area contributed by atoms with E-state index in [1.54, 1.807) is 30.1 Å². The van der Waals surface area contributed by atoms with E-state index in [9.17, 15) is 14.4 Å². The van der Waals surface area contributed by atoms with Crippen LogP contribution in [0.3, 0.4) is 0 Å². The van der Waals surface area contributed by atoms with Crippen molar-refractivity contribution in [2.24, 2.45) is 11.3 Å². The number of hydrogen-bond acceptors (Lipinski definition) is 4. The van der Waals surface area contributed by atoms with E-state index in [-0.39, 0.29) is 27.6 Å². The predicted octanol–water partition coefficient (Wildman–Crippen LogP) is 2.30. The minimum atomic E-state index is -1.39. The Morgan fingerprint density at radius 3 is 2.65 bits per heavy atom. The molecular formula is C18H21Cl2N3O3. The third kappa shape index (κ3) is 3.00. The standard InChI is InChI=1S/C18H21Cl2N3O3/c1-18-9-22(2)8-7-12(18)23(3)17(26)13(15(18)24)16(25)21-11-6-4-5-10(19)14(11)20/h4-6,12-13H,7-9H2,1-3H3,(H,21,25)/t12-,13?,18-/m0/s1.